The average molecular weight is 322 g/mol. The fraction of sp³-hybridized carbons (Fsp3) is 0.0625. The summed E-state index contributed by atoms with van der Waals surface area (Å²) >= 11 is 12.1. The van der Waals surface area contributed by atoms with Gasteiger partial charge >= 0.3 is 0 Å². The summed E-state index contributed by atoms with van der Waals surface area (Å²) in [6, 6.07) is 11.1. The van der Waals surface area contributed by atoms with E-state index in [2.05, 4.69) is 0 Å². The number of Topliss-reactive ketones (excluding diaryl/α,β-unsaturated/α-hetero) is 1. The zero-order valence-electron chi connectivity index (χ0n) is 10.8. The van der Waals surface area contributed by atoms with Crippen LogP contribution in [0.4, 0.5) is 4.39 Å². The molecule has 0 aliphatic rings. The van der Waals surface area contributed by atoms with Crippen LogP contribution in [0.3, 0.4) is 0 Å². The molecule has 0 fully saturated rings. The molecule has 3 rings (SSSR count). The Morgan fingerprint density at radius 3 is 2.67 bits per heavy atom. The number of nitrogens with zero attached hydrogens (tertiary/aromatic N) is 1. The molecule has 0 aliphatic carbocycles. The average Bonchev–Trinajstić information content (AvgIpc) is 2.82. The second kappa shape index (κ2) is 5.51. The fourth-order valence-electron chi connectivity index (χ4n) is 2.28. The van der Waals surface area contributed by atoms with Crippen LogP contribution in [0.25, 0.3) is 10.9 Å². The molecule has 3 aromatic rings. The van der Waals surface area contributed by atoms with Crippen LogP contribution >= 0.6 is 23.2 Å². The minimum absolute atomic E-state index is 0.0289. The van der Waals surface area contributed by atoms with E-state index < -0.39 is 5.82 Å². The van der Waals surface area contributed by atoms with Gasteiger partial charge < -0.3 is 4.57 Å². The molecule has 0 unspecified atom stereocenters. The molecule has 2 aromatic carbocycles. The molecule has 1 aromatic heterocycles. The standard InChI is InChI=1S/C16H10Cl2FNO/c17-10-7-13(18)11-5-6-20(15(11)8-10)9-16(21)12-3-1-2-4-14(12)19/h1-8H,9H2. The minimum atomic E-state index is -0.518. The predicted octanol–water partition coefficient (Wildman–Crippen LogP) is 4.97. The van der Waals surface area contributed by atoms with Crippen molar-refractivity contribution in [2.45, 2.75) is 6.54 Å². The number of hydrogen-bond acceptors (Lipinski definition) is 1. The van der Waals surface area contributed by atoms with Gasteiger partial charge in [0.2, 0.25) is 0 Å². The van der Waals surface area contributed by atoms with Crippen LogP contribution in [-0.4, -0.2) is 10.4 Å². The van der Waals surface area contributed by atoms with Crippen LogP contribution in [0.15, 0.2) is 48.7 Å². The number of ketones is 1. The molecule has 2 nitrogen and oxygen atoms in total. The molecule has 0 radical (unpaired) electrons. The highest BCUT2D eigenvalue weighted by Gasteiger charge is 2.13. The third-order valence-corrected chi connectivity index (χ3v) is 3.82. The summed E-state index contributed by atoms with van der Waals surface area (Å²) in [6.45, 7) is 0.0289. The first kappa shape index (κ1) is 14.1. The first-order valence-electron chi connectivity index (χ1n) is 6.28. The lowest BCUT2D eigenvalue weighted by atomic mass is 10.1. The Balaban J connectivity index is 1.99. The molecule has 0 spiro atoms. The van der Waals surface area contributed by atoms with Gasteiger partial charge in [0.05, 0.1) is 22.6 Å². The Morgan fingerprint density at radius 1 is 1.14 bits per heavy atom. The quantitative estimate of drug-likeness (QED) is 0.624. The van der Waals surface area contributed by atoms with E-state index in [-0.39, 0.29) is 17.9 Å². The molecule has 21 heavy (non-hydrogen) atoms. The Labute approximate surface area is 130 Å². The van der Waals surface area contributed by atoms with Gasteiger partial charge in [-0.1, -0.05) is 35.3 Å². The van der Waals surface area contributed by atoms with Gasteiger partial charge in [0.25, 0.3) is 0 Å². The molecular weight excluding hydrogens is 312 g/mol. The second-order valence-electron chi connectivity index (χ2n) is 4.67. The number of benzene rings is 2. The largest absolute Gasteiger partial charge is 0.340 e. The van der Waals surface area contributed by atoms with E-state index in [9.17, 15) is 9.18 Å². The zero-order valence-corrected chi connectivity index (χ0v) is 12.3. The highest BCUT2D eigenvalue weighted by atomic mass is 35.5. The zero-order chi connectivity index (χ0) is 15.0. The number of fused-ring (bicyclic) bond motifs is 1. The lowest BCUT2D eigenvalue weighted by Crippen LogP contribution is -2.11. The van der Waals surface area contributed by atoms with Gasteiger partial charge in [-0.25, -0.2) is 4.39 Å². The normalized spacial score (nSPS) is 11.0. The summed E-state index contributed by atoms with van der Waals surface area (Å²) < 4.78 is 15.3. The molecule has 5 heteroatoms. The Bertz CT molecular complexity index is 841. The number of halogens is 3. The molecule has 0 saturated heterocycles. The van der Waals surface area contributed by atoms with Crippen molar-refractivity contribution in [3.63, 3.8) is 0 Å². The van der Waals surface area contributed by atoms with E-state index in [0.29, 0.717) is 10.0 Å². The van der Waals surface area contributed by atoms with Gasteiger partial charge in [-0.3, -0.25) is 4.79 Å². The van der Waals surface area contributed by atoms with Crippen molar-refractivity contribution in [2.75, 3.05) is 0 Å². The predicted molar refractivity (Wildman–Crippen MR) is 82.7 cm³/mol. The number of rotatable bonds is 3. The van der Waals surface area contributed by atoms with Crippen LogP contribution < -0.4 is 0 Å². The van der Waals surface area contributed by atoms with Crippen LogP contribution in [0.1, 0.15) is 10.4 Å². The van der Waals surface area contributed by atoms with Crippen molar-refractivity contribution in [1.82, 2.24) is 4.57 Å². The topological polar surface area (TPSA) is 22.0 Å². The number of carbonyl (C=O) groups excluding carboxylic acids is 1. The monoisotopic (exact) mass is 321 g/mol. The number of hydrogen-bond donors (Lipinski definition) is 0. The van der Waals surface area contributed by atoms with E-state index in [1.807, 2.05) is 6.07 Å². The third kappa shape index (κ3) is 2.67. The Kier molecular flexibility index (Phi) is 3.70. The van der Waals surface area contributed by atoms with E-state index >= 15 is 0 Å². The van der Waals surface area contributed by atoms with Crippen LogP contribution in [0.5, 0.6) is 0 Å². The molecule has 0 aliphatic heterocycles. The Hall–Kier alpha value is -1.84. The van der Waals surface area contributed by atoms with Crippen LogP contribution in [0.2, 0.25) is 10.0 Å². The maximum absolute atomic E-state index is 13.6. The summed E-state index contributed by atoms with van der Waals surface area (Å²) in [5.41, 5.74) is 0.824. The van der Waals surface area contributed by atoms with E-state index in [1.165, 1.54) is 12.1 Å². The van der Waals surface area contributed by atoms with Gasteiger partial charge in [-0.05, 0) is 30.3 Å². The number of aromatic nitrogens is 1. The fourth-order valence-corrected chi connectivity index (χ4v) is 2.83. The van der Waals surface area contributed by atoms with E-state index in [0.717, 1.165) is 10.9 Å². The molecule has 106 valence electrons. The van der Waals surface area contributed by atoms with Crippen molar-refractivity contribution in [2.24, 2.45) is 0 Å². The summed E-state index contributed by atoms with van der Waals surface area (Å²) in [7, 11) is 0. The maximum Gasteiger partial charge on any atom is 0.185 e. The lowest BCUT2D eigenvalue weighted by molar-refractivity contribution is 0.0969. The SMILES string of the molecule is O=C(Cn1ccc2c(Cl)cc(Cl)cc21)c1ccccc1F. The highest BCUT2D eigenvalue weighted by molar-refractivity contribution is 6.38. The molecule has 0 amide bonds. The first-order valence-corrected chi connectivity index (χ1v) is 7.03. The summed E-state index contributed by atoms with van der Waals surface area (Å²) in [5, 5.41) is 1.82. The van der Waals surface area contributed by atoms with E-state index in [1.54, 1.807) is 35.0 Å². The van der Waals surface area contributed by atoms with Gasteiger partial charge in [0, 0.05) is 16.6 Å². The number of carbonyl (C=O) groups is 1. The molecule has 0 atom stereocenters. The smallest absolute Gasteiger partial charge is 0.185 e. The lowest BCUT2D eigenvalue weighted by Gasteiger charge is -2.06. The second-order valence-corrected chi connectivity index (χ2v) is 5.51. The van der Waals surface area contributed by atoms with Crippen molar-refractivity contribution in [3.05, 3.63) is 70.1 Å². The minimum Gasteiger partial charge on any atom is -0.340 e. The maximum atomic E-state index is 13.6. The molecular formula is C16H10Cl2FNO. The van der Waals surface area contributed by atoms with Gasteiger partial charge in [-0.2, -0.15) is 0 Å². The van der Waals surface area contributed by atoms with Gasteiger partial charge in [-0.15, -0.1) is 0 Å². The van der Waals surface area contributed by atoms with Gasteiger partial charge in [0.15, 0.2) is 5.78 Å². The first-order chi connectivity index (χ1) is 10.1. The molecule has 0 N–H and O–H groups in total. The summed E-state index contributed by atoms with van der Waals surface area (Å²) in [5.74, 6) is -0.822. The summed E-state index contributed by atoms with van der Waals surface area (Å²) in [6.07, 6.45) is 1.74. The van der Waals surface area contributed by atoms with Gasteiger partial charge in [0.1, 0.15) is 5.82 Å². The Morgan fingerprint density at radius 2 is 1.90 bits per heavy atom. The van der Waals surface area contributed by atoms with Crippen LogP contribution in [0, 0.1) is 5.82 Å². The summed E-state index contributed by atoms with van der Waals surface area (Å²) in [4.78, 5) is 12.2. The van der Waals surface area contributed by atoms with Crippen molar-refractivity contribution in [3.8, 4) is 0 Å². The van der Waals surface area contributed by atoms with Crippen molar-refractivity contribution >= 4 is 39.9 Å². The molecule has 0 bridgehead atoms. The molecule has 1 heterocycles. The highest BCUT2D eigenvalue weighted by Crippen LogP contribution is 2.29. The van der Waals surface area contributed by atoms with E-state index in [4.69, 9.17) is 23.2 Å². The van der Waals surface area contributed by atoms with Crippen molar-refractivity contribution in [1.29, 1.82) is 0 Å². The molecule has 0 saturated carbocycles. The van der Waals surface area contributed by atoms with Crippen molar-refractivity contribution < 1.29 is 9.18 Å². The van der Waals surface area contributed by atoms with Crippen LogP contribution in [-0.2, 0) is 6.54 Å². The third-order valence-electron chi connectivity index (χ3n) is 3.29.